The number of hydrogen-bond donors (Lipinski definition) is 2. The molecule has 1 aliphatic heterocycles. The summed E-state index contributed by atoms with van der Waals surface area (Å²) in [7, 11) is 0. The van der Waals surface area contributed by atoms with Gasteiger partial charge in [0.25, 0.3) is 5.91 Å². The van der Waals surface area contributed by atoms with E-state index in [1.165, 1.54) is 0 Å². The second-order valence-electron chi connectivity index (χ2n) is 4.18. The average molecular weight is 365 g/mol. The van der Waals surface area contributed by atoms with Crippen molar-refractivity contribution >= 4 is 56.6 Å². The first kappa shape index (κ1) is 13.5. The molecule has 1 saturated heterocycles. The van der Waals surface area contributed by atoms with E-state index < -0.39 is 0 Å². The number of thiocarbonyl (C=S) groups is 1. The lowest BCUT2D eigenvalue weighted by Crippen LogP contribution is -2.21. The third kappa shape index (κ3) is 2.82. The summed E-state index contributed by atoms with van der Waals surface area (Å²) in [5.74, 6) is -0.186. The zero-order chi connectivity index (χ0) is 14.1. The molecule has 1 fully saturated rings. The summed E-state index contributed by atoms with van der Waals surface area (Å²) in [4.78, 5) is 13.7. The van der Waals surface area contributed by atoms with Crippen molar-refractivity contribution in [3.05, 3.63) is 51.4 Å². The van der Waals surface area contributed by atoms with Gasteiger partial charge in [0.05, 0.1) is 0 Å². The number of halogens is 1. The molecule has 0 radical (unpaired) electrons. The third-order valence-electron chi connectivity index (χ3n) is 2.76. The highest BCUT2D eigenvalue weighted by molar-refractivity contribution is 9.10. The summed E-state index contributed by atoms with van der Waals surface area (Å²) in [5, 5.41) is 5.74. The molecule has 2 aromatic rings. The Labute approximate surface area is 133 Å². The topological polar surface area (TPSA) is 41.1 Å². The van der Waals surface area contributed by atoms with Crippen LogP contribution in [0.5, 0.6) is 0 Å². The lowest BCUT2D eigenvalue weighted by Gasteiger charge is -1.96. The Morgan fingerprint density at radius 2 is 1.85 bits per heavy atom. The largest absolute Gasteiger partial charge is 0.328 e. The highest BCUT2D eigenvalue weighted by Crippen LogP contribution is 2.30. The van der Waals surface area contributed by atoms with Gasteiger partial charge < -0.3 is 5.32 Å². The maximum absolute atomic E-state index is 11.6. The fourth-order valence-corrected chi connectivity index (χ4v) is 3.25. The minimum Gasteiger partial charge on any atom is -0.328 e. The number of carbonyl (C=O) groups excluding carboxylic acids is 1. The minimum absolute atomic E-state index is 0.186. The molecular formula is C14H9BrN2OS2. The summed E-state index contributed by atoms with van der Waals surface area (Å²) in [6.45, 7) is 0. The number of hydrogen-bond acceptors (Lipinski definition) is 3. The molecule has 0 spiro atoms. The second kappa shape index (κ2) is 5.47. The van der Waals surface area contributed by atoms with Crippen molar-refractivity contribution in [1.82, 2.24) is 10.6 Å². The van der Waals surface area contributed by atoms with E-state index >= 15 is 0 Å². The van der Waals surface area contributed by atoms with Crippen LogP contribution in [0.3, 0.4) is 0 Å². The van der Waals surface area contributed by atoms with Gasteiger partial charge >= 0.3 is 0 Å². The van der Waals surface area contributed by atoms with Crippen molar-refractivity contribution in [3.63, 3.8) is 0 Å². The van der Waals surface area contributed by atoms with Crippen molar-refractivity contribution in [2.75, 3.05) is 0 Å². The van der Waals surface area contributed by atoms with Crippen molar-refractivity contribution < 1.29 is 4.79 Å². The quantitative estimate of drug-likeness (QED) is 0.632. The van der Waals surface area contributed by atoms with Gasteiger partial charge in [-0.2, -0.15) is 0 Å². The van der Waals surface area contributed by atoms with E-state index in [4.69, 9.17) is 12.2 Å². The standard InChI is InChI=1S/C14H9BrN2OS2/c15-9-3-1-8(2-4-9)12-6-5-10(20-12)7-11-13(18)17-14(19)16-11/h1-7H,(H2,16,17,18,19)/b11-7-. The second-order valence-corrected chi connectivity index (χ2v) is 6.61. The Morgan fingerprint density at radius 3 is 2.50 bits per heavy atom. The maximum Gasteiger partial charge on any atom is 0.273 e. The molecule has 0 aliphatic carbocycles. The van der Waals surface area contributed by atoms with Crippen LogP contribution in [0, 0.1) is 0 Å². The summed E-state index contributed by atoms with van der Waals surface area (Å²) >= 11 is 9.95. The van der Waals surface area contributed by atoms with E-state index in [0.717, 1.165) is 19.8 Å². The summed E-state index contributed by atoms with van der Waals surface area (Å²) in [6.07, 6.45) is 1.81. The normalized spacial score (nSPS) is 16.4. The van der Waals surface area contributed by atoms with Gasteiger partial charge in [0.1, 0.15) is 5.70 Å². The van der Waals surface area contributed by atoms with Crippen LogP contribution in [0.2, 0.25) is 0 Å². The predicted molar refractivity (Wildman–Crippen MR) is 89.3 cm³/mol. The van der Waals surface area contributed by atoms with Crippen LogP contribution in [-0.2, 0) is 4.79 Å². The van der Waals surface area contributed by atoms with Gasteiger partial charge in [-0.25, -0.2) is 0 Å². The van der Waals surface area contributed by atoms with E-state index in [2.05, 4.69) is 38.7 Å². The molecule has 6 heteroatoms. The molecule has 1 aromatic carbocycles. The van der Waals surface area contributed by atoms with Crippen molar-refractivity contribution in [2.45, 2.75) is 0 Å². The molecule has 3 nitrogen and oxygen atoms in total. The van der Waals surface area contributed by atoms with Crippen molar-refractivity contribution in [1.29, 1.82) is 0 Å². The number of amides is 1. The Balaban J connectivity index is 1.87. The zero-order valence-electron chi connectivity index (χ0n) is 10.1. The molecule has 3 rings (SSSR count). The number of rotatable bonds is 2. The Hall–Kier alpha value is -1.50. The Bertz CT molecular complexity index is 719. The van der Waals surface area contributed by atoms with Gasteiger partial charge in [0.2, 0.25) is 0 Å². The number of nitrogens with one attached hydrogen (secondary N) is 2. The minimum atomic E-state index is -0.186. The van der Waals surface area contributed by atoms with Gasteiger partial charge in [-0.1, -0.05) is 28.1 Å². The smallest absolute Gasteiger partial charge is 0.273 e. The first-order valence-electron chi connectivity index (χ1n) is 5.81. The Kier molecular flexibility index (Phi) is 3.69. The van der Waals surface area contributed by atoms with Crippen LogP contribution in [0.1, 0.15) is 4.88 Å². The molecule has 1 amide bonds. The van der Waals surface area contributed by atoms with Crippen LogP contribution in [-0.4, -0.2) is 11.0 Å². The molecule has 20 heavy (non-hydrogen) atoms. The molecule has 0 unspecified atom stereocenters. The number of carbonyl (C=O) groups is 1. The lowest BCUT2D eigenvalue weighted by atomic mass is 10.2. The lowest BCUT2D eigenvalue weighted by molar-refractivity contribution is -0.115. The van der Waals surface area contributed by atoms with E-state index in [9.17, 15) is 4.79 Å². The number of benzene rings is 1. The van der Waals surface area contributed by atoms with Crippen molar-refractivity contribution in [3.8, 4) is 10.4 Å². The molecule has 2 heterocycles. The fraction of sp³-hybridized carbons (Fsp3) is 0. The molecule has 0 bridgehead atoms. The molecular weight excluding hydrogens is 356 g/mol. The first-order chi connectivity index (χ1) is 9.61. The van der Waals surface area contributed by atoms with Crippen LogP contribution in [0.15, 0.2) is 46.6 Å². The monoisotopic (exact) mass is 364 g/mol. The van der Waals surface area contributed by atoms with Crippen molar-refractivity contribution in [2.24, 2.45) is 0 Å². The predicted octanol–water partition coefficient (Wildman–Crippen LogP) is 3.52. The maximum atomic E-state index is 11.6. The first-order valence-corrected chi connectivity index (χ1v) is 7.83. The van der Waals surface area contributed by atoms with E-state index in [1.807, 2.05) is 30.3 Å². The summed E-state index contributed by atoms with van der Waals surface area (Å²) < 4.78 is 1.06. The van der Waals surface area contributed by atoms with E-state index in [0.29, 0.717) is 10.8 Å². The molecule has 0 atom stereocenters. The molecule has 1 aromatic heterocycles. The highest BCUT2D eigenvalue weighted by atomic mass is 79.9. The van der Waals surface area contributed by atoms with E-state index in [-0.39, 0.29) is 5.91 Å². The van der Waals surface area contributed by atoms with Gasteiger partial charge in [0, 0.05) is 14.2 Å². The summed E-state index contributed by atoms with van der Waals surface area (Å²) in [5.41, 5.74) is 1.64. The Morgan fingerprint density at radius 1 is 1.10 bits per heavy atom. The highest BCUT2D eigenvalue weighted by Gasteiger charge is 2.20. The van der Waals surface area contributed by atoms with Gasteiger partial charge in [-0.3, -0.25) is 10.1 Å². The molecule has 2 N–H and O–H groups in total. The van der Waals surface area contributed by atoms with Gasteiger partial charge in [0.15, 0.2) is 5.11 Å². The van der Waals surface area contributed by atoms with Crippen LogP contribution < -0.4 is 10.6 Å². The molecule has 1 aliphatic rings. The van der Waals surface area contributed by atoms with Crippen LogP contribution in [0.25, 0.3) is 16.5 Å². The SMILES string of the molecule is O=C1NC(=S)N/C1=C\c1ccc(-c2ccc(Br)cc2)s1. The van der Waals surface area contributed by atoms with Crippen LogP contribution >= 0.6 is 39.5 Å². The fourth-order valence-electron chi connectivity index (χ4n) is 1.82. The zero-order valence-corrected chi connectivity index (χ0v) is 13.4. The van der Waals surface area contributed by atoms with E-state index in [1.54, 1.807) is 11.3 Å². The summed E-state index contributed by atoms with van der Waals surface area (Å²) in [6, 6.07) is 12.2. The average Bonchev–Trinajstić information content (AvgIpc) is 2.98. The molecule has 100 valence electrons. The number of thiophene rings is 1. The molecule has 0 saturated carbocycles. The van der Waals surface area contributed by atoms with Gasteiger partial charge in [-0.15, -0.1) is 11.3 Å². The third-order valence-corrected chi connectivity index (χ3v) is 4.58. The van der Waals surface area contributed by atoms with Gasteiger partial charge in [-0.05, 0) is 48.1 Å². The van der Waals surface area contributed by atoms with Crippen LogP contribution in [0.4, 0.5) is 0 Å².